The average molecular weight is 650 g/mol. The number of hydrogen-bond donors (Lipinski definition) is 3. The summed E-state index contributed by atoms with van der Waals surface area (Å²) >= 11 is 1.39. The molecule has 3 heterocycles. The molecule has 0 saturated carbocycles. The smallest absolute Gasteiger partial charge is 0.339 e. The van der Waals surface area contributed by atoms with Gasteiger partial charge in [0, 0.05) is 48.4 Å². The van der Waals surface area contributed by atoms with Gasteiger partial charge in [-0.15, -0.1) is 11.3 Å². The van der Waals surface area contributed by atoms with Gasteiger partial charge in [0.15, 0.2) is 5.13 Å². The van der Waals surface area contributed by atoms with Crippen LogP contribution < -0.4 is 21.2 Å². The number of nitrogens with zero attached hydrogens (tertiary/aromatic N) is 4. The molecule has 1 unspecified atom stereocenters. The Morgan fingerprint density at radius 2 is 1.91 bits per heavy atom. The van der Waals surface area contributed by atoms with Crippen LogP contribution in [0, 0.1) is 30.1 Å². The number of carbonyl (C=O) groups is 2. The molecule has 0 fully saturated rings. The Hall–Kier alpha value is -5.21. The Morgan fingerprint density at radius 3 is 2.60 bits per heavy atom. The number of thiazole rings is 1. The van der Waals surface area contributed by atoms with Crippen LogP contribution in [0.5, 0.6) is 0 Å². The van der Waals surface area contributed by atoms with Gasteiger partial charge in [-0.2, -0.15) is 0 Å². The van der Waals surface area contributed by atoms with Crippen LogP contribution >= 0.6 is 11.3 Å². The number of imidazole rings is 1. The molecule has 0 saturated heterocycles. The number of aryl methyl sites for hydroxylation is 1. The van der Waals surface area contributed by atoms with Crippen molar-refractivity contribution in [1.82, 2.24) is 14.1 Å². The maximum atomic E-state index is 14.3. The summed E-state index contributed by atoms with van der Waals surface area (Å²) in [6, 6.07) is 13.8. The van der Waals surface area contributed by atoms with E-state index in [2.05, 4.69) is 41.3 Å². The maximum Gasteiger partial charge on any atom is 0.339 e. The predicted octanol–water partition coefficient (Wildman–Crippen LogP) is 6.92. The highest BCUT2D eigenvalue weighted by molar-refractivity contribution is 7.15. The first-order chi connectivity index (χ1) is 22.6. The average Bonchev–Trinajstić information content (AvgIpc) is 3.56. The van der Waals surface area contributed by atoms with E-state index in [-0.39, 0.29) is 17.5 Å². The van der Waals surface area contributed by atoms with E-state index in [0.29, 0.717) is 58.0 Å². The Morgan fingerprint density at radius 1 is 1.15 bits per heavy atom. The number of aromatic nitrogens is 3. The minimum absolute atomic E-state index is 0.283. The summed E-state index contributed by atoms with van der Waals surface area (Å²) in [5.41, 5.74) is 3.35. The second-order valence-corrected chi connectivity index (χ2v) is 12.9. The first-order valence-corrected chi connectivity index (χ1v) is 16.5. The van der Waals surface area contributed by atoms with Crippen molar-refractivity contribution in [2.24, 2.45) is 5.92 Å². The fourth-order valence-electron chi connectivity index (χ4n) is 5.43. The summed E-state index contributed by atoms with van der Waals surface area (Å²) in [4.78, 5) is 46.8. The van der Waals surface area contributed by atoms with Crippen LogP contribution in [-0.2, 0) is 4.79 Å². The number of nitrogens with one attached hydrogen (secondary N) is 3. The summed E-state index contributed by atoms with van der Waals surface area (Å²) in [6.07, 6.45) is 7.46. The largest absolute Gasteiger partial charge is 0.346 e. The Labute approximate surface area is 278 Å². The molecular weight excluding hydrogens is 611 g/mol. The number of benzene rings is 2. The van der Waals surface area contributed by atoms with Gasteiger partial charge in [-0.3, -0.25) is 19.5 Å². The van der Waals surface area contributed by atoms with Crippen LogP contribution in [0.25, 0.3) is 11.4 Å². The van der Waals surface area contributed by atoms with Crippen LogP contribution in [0.4, 0.5) is 16.6 Å². The highest BCUT2D eigenvalue weighted by atomic mass is 32.1. The fourth-order valence-corrected chi connectivity index (χ4v) is 6.09. The minimum Gasteiger partial charge on any atom is -0.346 e. The fraction of sp³-hybridized carbons (Fsp3) is 0.306. The van der Waals surface area contributed by atoms with Gasteiger partial charge in [0.1, 0.15) is 11.5 Å². The van der Waals surface area contributed by atoms with Gasteiger partial charge in [-0.05, 0) is 73.2 Å². The molecular formula is C36H39N7O3S. The van der Waals surface area contributed by atoms with E-state index in [4.69, 9.17) is 5.41 Å². The molecule has 10 nitrogen and oxygen atoms in total. The zero-order valence-corrected chi connectivity index (χ0v) is 28.1. The van der Waals surface area contributed by atoms with Crippen molar-refractivity contribution >= 4 is 45.5 Å². The Bertz CT molecular complexity index is 1970. The highest BCUT2D eigenvalue weighted by Gasteiger charge is 2.27. The second kappa shape index (κ2) is 14.5. The molecule has 4 aromatic rings. The molecule has 0 radical (unpaired) electrons. The summed E-state index contributed by atoms with van der Waals surface area (Å²) in [5.74, 6) is 6.00. The van der Waals surface area contributed by atoms with Gasteiger partial charge < -0.3 is 15.6 Å². The standard InChI is InChI=1S/C36H39N7O3S/c1-6-10-23(3)11-8-14-31(44)41(5)28-12-9-13-29(20-28)43-33-32(30(37)19-25(7-2)22-38-33)42(36(43)46)27-17-15-26(16-18-27)34(45)40-35-39-21-24(4)47-35/h9,12-13,15-18,20-23,37-38H,6-7,10-11,19H2,1-5H3,(H,39,40,45). The van der Waals surface area contributed by atoms with Crippen LogP contribution in [0.15, 0.2) is 71.3 Å². The molecule has 47 heavy (non-hydrogen) atoms. The van der Waals surface area contributed by atoms with E-state index in [1.807, 2.05) is 20.0 Å². The first-order valence-electron chi connectivity index (χ1n) is 15.7. The molecule has 0 aliphatic carbocycles. The maximum absolute atomic E-state index is 14.3. The number of allylic oxidation sites excluding steroid dienone is 1. The van der Waals surface area contributed by atoms with Gasteiger partial charge in [0.25, 0.3) is 5.91 Å². The molecule has 2 aromatic heterocycles. The third kappa shape index (κ3) is 7.28. The monoisotopic (exact) mass is 649 g/mol. The minimum atomic E-state index is -0.396. The van der Waals surface area contributed by atoms with E-state index in [1.165, 1.54) is 25.4 Å². The lowest BCUT2D eigenvalue weighted by Crippen LogP contribution is -2.26. The summed E-state index contributed by atoms with van der Waals surface area (Å²) < 4.78 is 3.01. The topological polar surface area (TPSA) is 125 Å². The van der Waals surface area contributed by atoms with Crippen molar-refractivity contribution in [2.75, 3.05) is 22.6 Å². The zero-order chi connectivity index (χ0) is 33.7. The first kappa shape index (κ1) is 33.2. The predicted molar refractivity (Wildman–Crippen MR) is 189 cm³/mol. The molecule has 242 valence electrons. The zero-order valence-electron chi connectivity index (χ0n) is 27.3. The molecule has 0 spiro atoms. The van der Waals surface area contributed by atoms with E-state index in [1.54, 1.807) is 61.8 Å². The number of amides is 2. The highest BCUT2D eigenvalue weighted by Crippen LogP contribution is 2.30. The molecule has 11 heteroatoms. The lowest BCUT2D eigenvalue weighted by molar-refractivity contribution is -0.113. The lowest BCUT2D eigenvalue weighted by Gasteiger charge is -2.16. The second-order valence-electron chi connectivity index (χ2n) is 11.7. The van der Waals surface area contributed by atoms with E-state index in [0.717, 1.165) is 29.7 Å². The summed E-state index contributed by atoms with van der Waals surface area (Å²) in [6.45, 7) is 8.21. The van der Waals surface area contributed by atoms with Gasteiger partial charge in [0.05, 0.1) is 17.1 Å². The van der Waals surface area contributed by atoms with Crippen molar-refractivity contribution in [1.29, 1.82) is 5.41 Å². The van der Waals surface area contributed by atoms with E-state index in [9.17, 15) is 14.4 Å². The number of hydrogen-bond acceptors (Lipinski definition) is 7. The Balaban J connectivity index is 1.52. The number of anilines is 3. The number of rotatable bonds is 9. The van der Waals surface area contributed by atoms with Crippen molar-refractivity contribution in [2.45, 2.75) is 59.8 Å². The molecule has 5 rings (SSSR count). The van der Waals surface area contributed by atoms with Crippen LogP contribution in [0.1, 0.15) is 73.8 Å². The van der Waals surface area contributed by atoms with Crippen LogP contribution in [-0.4, -0.2) is 38.7 Å². The number of fused-ring (bicyclic) bond motifs is 1. The van der Waals surface area contributed by atoms with Crippen molar-refractivity contribution < 1.29 is 9.59 Å². The molecule has 1 aliphatic heterocycles. The molecule has 1 aliphatic rings. The summed E-state index contributed by atoms with van der Waals surface area (Å²) in [5, 5.41) is 15.7. The SMILES string of the molecule is CCCC(C)CC#CC(=O)N(C)c1cccc(-n2c3c(n(-c4ccc(C(=O)Nc5ncc(C)s5)cc4)c2=O)C(=N)CC(CC)=CN3)c1. The summed E-state index contributed by atoms with van der Waals surface area (Å²) in [7, 11) is 1.66. The third-order valence-corrected chi connectivity index (χ3v) is 8.88. The van der Waals surface area contributed by atoms with Gasteiger partial charge in [-0.1, -0.05) is 45.6 Å². The van der Waals surface area contributed by atoms with E-state index < -0.39 is 5.69 Å². The van der Waals surface area contributed by atoms with Gasteiger partial charge in [-0.25, -0.2) is 14.3 Å². The number of carbonyl (C=O) groups excluding carboxylic acids is 2. The quantitative estimate of drug-likeness (QED) is 0.170. The molecule has 2 aromatic carbocycles. The van der Waals surface area contributed by atoms with Gasteiger partial charge >= 0.3 is 11.6 Å². The van der Waals surface area contributed by atoms with Crippen molar-refractivity contribution in [3.05, 3.63) is 93.1 Å². The van der Waals surface area contributed by atoms with Crippen LogP contribution in [0.2, 0.25) is 0 Å². The van der Waals surface area contributed by atoms with Crippen LogP contribution in [0.3, 0.4) is 0 Å². The molecule has 2 amide bonds. The van der Waals surface area contributed by atoms with Gasteiger partial charge in [0.2, 0.25) is 0 Å². The van der Waals surface area contributed by atoms with Crippen molar-refractivity contribution in [3.8, 4) is 23.2 Å². The third-order valence-electron chi connectivity index (χ3n) is 8.05. The molecule has 1 atom stereocenters. The lowest BCUT2D eigenvalue weighted by atomic mass is 10.0. The molecule has 3 N–H and O–H groups in total. The van der Waals surface area contributed by atoms with E-state index >= 15 is 0 Å². The normalized spacial score (nSPS) is 13.0. The Kier molecular flexibility index (Phi) is 10.2. The van der Waals surface area contributed by atoms with Crippen molar-refractivity contribution in [3.63, 3.8) is 0 Å². The molecule has 0 bridgehead atoms.